The minimum atomic E-state index is -1.24. The van der Waals surface area contributed by atoms with Crippen molar-refractivity contribution in [3.63, 3.8) is 0 Å². The van der Waals surface area contributed by atoms with Crippen molar-refractivity contribution in [3.8, 4) is 0 Å². The molecule has 5 nitrogen and oxygen atoms in total. The van der Waals surface area contributed by atoms with Gasteiger partial charge in [0.25, 0.3) is 0 Å². The number of carbonyl (C=O) groups is 1. The largest absolute Gasteiger partial charge is 0.396 e. The fourth-order valence-corrected chi connectivity index (χ4v) is 2.56. The summed E-state index contributed by atoms with van der Waals surface area (Å²) < 4.78 is 0. The SMILES string of the molecule is CCCCCCCCCCC(O)CCNC(=O)[C@H](O)C(C)(C)CO. The molecule has 0 aromatic rings. The summed E-state index contributed by atoms with van der Waals surface area (Å²) in [6.45, 7) is 5.57. The quantitative estimate of drug-likeness (QED) is 0.344. The molecule has 0 heterocycles. The van der Waals surface area contributed by atoms with Crippen LogP contribution in [-0.2, 0) is 4.79 Å². The Labute approximate surface area is 147 Å². The van der Waals surface area contributed by atoms with Crippen LogP contribution in [0.3, 0.4) is 0 Å². The van der Waals surface area contributed by atoms with E-state index < -0.39 is 23.5 Å². The van der Waals surface area contributed by atoms with Gasteiger partial charge >= 0.3 is 0 Å². The molecular formula is C19H39NO4. The third-order valence-electron chi connectivity index (χ3n) is 4.56. The average molecular weight is 346 g/mol. The van der Waals surface area contributed by atoms with Gasteiger partial charge in [0, 0.05) is 12.0 Å². The molecule has 5 heteroatoms. The van der Waals surface area contributed by atoms with Gasteiger partial charge in [-0.05, 0) is 12.8 Å². The van der Waals surface area contributed by atoms with Gasteiger partial charge < -0.3 is 20.6 Å². The lowest BCUT2D eigenvalue weighted by molar-refractivity contribution is -0.137. The second-order valence-corrected chi connectivity index (χ2v) is 7.55. The Balaban J connectivity index is 3.62. The van der Waals surface area contributed by atoms with Gasteiger partial charge in [0.05, 0.1) is 12.7 Å². The van der Waals surface area contributed by atoms with Crippen LogP contribution in [0.5, 0.6) is 0 Å². The highest BCUT2D eigenvalue weighted by Gasteiger charge is 2.32. The van der Waals surface area contributed by atoms with Gasteiger partial charge in [-0.3, -0.25) is 4.79 Å². The Bertz CT molecular complexity index is 320. The van der Waals surface area contributed by atoms with Gasteiger partial charge in [-0.15, -0.1) is 0 Å². The topological polar surface area (TPSA) is 89.8 Å². The summed E-state index contributed by atoms with van der Waals surface area (Å²) >= 11 is 0. The molecule has 24 heavy (non-hydrogen) atoms. The molecule has 0 aliphatic heterocycles. The molecule has 0 aromatic carbocycles. The lowest BCUT2D eigenvalue weighted by Crippen LogP contribution is -2.46. The Morgan fingerprint density at radius 2 is 1.50 bits per heavy atom. The molecule has 144 valence electrons. The molecule has 4 N–H and O–H groups in total. The zero-order valence-corrected chi connectivity index (χ0v) is 15.9. The lowest BCUT2D eigenvalue weighted by Gasteiger charge is -2.27. The van der Waals surface area contributed by atoms with Gasteiger partial charge in [-0.1, -0.05) is 72.1 Å². The minimum Gasteiger partial charge on any atom is -0.396 e. The monoisotopic (exact) mass is 345 g/mol. The summed E-state index contributed by atoms with van der Waals surface area (Å²) in [6, 6.07) is 0. The zero-order chi connectivity index (χ0) is 18.4. The molecule has 0 fully saturated rings. The molecule has 0 saturated heterocycles. The Morgan fingerprint density at radius 3 is 2.04 bits per heavy atom. The summed E-state index contributed by atoms with van der Waals surface area (Å²) in [6.07, 6.45) is 9.53. The van der Waals surface area contributed by atoms with Gasteiger partial charge in [0.15, 0.2) is 0 Å². The number of hydrogen-bond acceptors (Lipinski definition) is 4. The van der Waals surface area contributed by atoms with E-state index in [-0.39, 0.29) is 6.61 Å². The fraction of sp³-hybridized carbons (Fsp3) is 0.947. The van der Waals surface area contributed by atoms with E-state index in [4.69, 9.17) is 5.11 Å². The standard InChI is InChI=1S/C19H39NO4/c1-4-5-6-7-8-9-10-11-12-16(22)13-14-20-18(24)17(23)19(2,3)15-21/h16-17,21-23H,4-15H2,1-3H3,(H,20,24)/t16?,17-/m0/s1. The molecule has 1 unspecified atom stereocenters. The first kappa shape index (κ1) is 23.4. The molecule has 0 spiro atoms. The van der Waals surface area contributed by atoms with Gasteiger partial charge in [-0.2, -0.15) is 0 Å². The first-order valence-corrected chi connectivity index (χ1v) is 9.59. The van der Waals surface area contributed by atoms with Crippen molar-refractivity contribution >= 4 is 5.91 Å². The van der Waals surface area contributed by atoms with E-state index in [9.17, 15) is 15.0 Å². The van der Waals surface area contributed by atoms with Crippen molar-refractivity contribution in [3.05, 3.63) is 0 Å². The van der Waals surface area contributed by atoms with Crippen LogP contribution in [0, 0.1) is 5.41 Å². The van der Waals surface area contributed by atoms with Crippen LogP contribution in [0.15, 0.2) is 0 Å². The van der Waals surface area contributed by atoms with Crippen LogP contribution in [0.4, 0.5) is 0 Å². The Morgan fingerprint density at radius 1 is 0.958 bits per heavy atom. The Hall–Kier alpha value is -0.650. The summed E-state index contributed by atoms with van der Waals surface area (Å²) in [7, 11) is 0. The normalized spacial score (nSPS) is 14.4. The highest BCUT2D eigenvalue weighted by atomic mass is 16.3. The second kappa shape index (κ2) is 13.6. The molecule has 0 bridgehead atoms. The number of amides is 1. The highest BCUT2D eigenvalue weighted by molar-refractivity contribution is 5.81. The maximum atomic E-state index is 11.8. The highest BCUT2D eigenvalue weighted by Crippen LogP contribution is 2.19. The number of aliphatic hydroxyl groups is 3. The van der Waals surface area contributed by atoms with Crippen LogP contribution < -0.4 is 5.32 Å². The second-order valence-electron chi connectivity index (χ2n) is 7.55. The van der Waals surface area contributed by atoms with E-state index in [1.54, 1.807) is 13.8 Å². The lowest BCUT2D eigenvalue weighted by atomic mass is 9.87. The maximum absolute atomic E-state index is 11.8. The van der Waals surface area contributed by atoms with E-state index in [1.807, 2.05) is 0 Å². The molecule has 0 radical (unpaired) electrons. The summed E-state index contributed by atoms with van der Waals surface area (Å²) in [5.74, 6) is -0.492. The van der Waals surface area contributed by atoms with Gasteiger partial charge in [-0.25, -0.2) is 0 Å². The van der Waals surface area contributed by atoms with Crippen LogP contribution >= 0.6 is 0 Å². The molecular weight excluding hydrogens is 306 g/mol. The van der Waals surface area contributed by atoms with Crippen molar-refractivity contribution in [1.82, 2.24) is 5.32 Å². The number of hydrogen-bond donors (Lipinski definition) is 4. The average Bonchev–Trinajstić information content (AvgIpc) is 2.56. The summed E-state index contributed by atoms with van der Waals surface area (Å²) in [4.78, 5) is 11.8. The number of aliphatic hydroxyl groups excluding tert-OH is 3. The summed E-state index contributed by atoms with van der Waals surface area (Å²) in [5.41, 5.74) is -0.861. The first-order valence-electron chi connectivity index (χ1n) is 9.59. The van der Waals surface area contributed by atoms with Gasteiger partial charge in [0.2, 0.25) is 5.91 Å². The maximum Gasteiger partial charge on any atom is 0.249 e. The van der Waals surface area contributed by atoms with Crippen LogP contribution in [0.25, 0.3) is 0 Å². The number of nitrogens with one attached hydrogen (secondary N) is 1. The minimum absolute atomic E-state index is 0.261. The van der Waals surface area contributed by atoms with Crippen LogP contribution in [-0.4, -0.2) is 46.6 Å². The van der Waals surface area contributed by atoms with Crippen molar-refractivity contribution in [2.24, 2.45) is 5.41 Å². The van der Waals surface area contributed by atoms with E-state index >= 15 is 0 Å². The van der Waals surface area contributed by atoms with Crippen molar-refractivity contribution in [2.45, 2.75) is 97.2 Å². The molecule has 0 aromatic heterocycles. The van der Waals surface area contributed by atoms with Crippen LogP contribution in [0.2, 0.25) is 0 Å². The fourth-order valence-electron chi connectivity index (χ4n) is 2.56. The van der Waals surface area contributed by atoms with E-state index in [1.165, 1.54) is 38.5 Å². The molecule has 0 saturated carbocycles. The van der Waals surface area contributed by atoms with Gasteiger partial charge in [0.1, 0.15) is 6.10 Å². The van der Waals surface area contributed by atoms with E-state index in [0.29, 0.717) is 13.0 Å². The predicted octanol–water partition coefficient (Wildman–Crippen LogP) is 2.76. The number of unbranched alkanes of at least 4 members (excludes halogenated alkanes) is 7. The number of carbonyl (C=O) groups excluding carboxylic acids is 1. The zero-order valence-electron chi connectivity index (χ0n) is 15.9. The third-order valence-corrected chi connectivity index (χ3v) is 4.56. The molecule has 0 rings (SSSR count). The van der Waals surface area contributed by atoms with E-state index in [2.05, 4.69) is 12.2 Å². The predicted molar refractivity (Wildman–Crippen MR) is 97.7 cm³/mol. The van der Waals surface area contributed by atoms with Crippen molar-refractivity contribution in [2.75, 3.05) is 13.2 Å². The van der Waals surface area contributed by atoms with Crippen LogP contribution in [0.1, 0.15) is 85.0 Å². The summed E-state index contributed by atoms with van der Waals surface area (Å²) in [5, 5.41) is 31.6. The first-order chi connectivity index (χ1) is 11.3. The third kappa shape index (κ3) is 11.0. The molecule has 2 atom stereocenters. The van der Waals surface area contributed by atoms with E-state index in [0.717, 1.165) is 19.3 Å². The number of rotatable bonds is 15. The molecule has 0 aliphatic rings. The molecule has 1 amide bonds. The Kier molecular flexibility index (Phi) is 13.3. The van der Waals surface area contributed by atoms with Crippen molar-refractivity contribution in [1.29, 1.82) is 0 Å². The molecule has 0 aliphatic carbocycles. The van der Waals surface area contributed by atoms with Crippen molar-refractivity contribution < 1.29 is 20.1 Å². The smallest absolute Gasteiger partial charge is 0.249 e.